The van der Waals surface area contributed by atoms with Crippen molar-refractivity contribution in [3.63, 3.8) is 0 Å². The summed E-state index contributed by atoms with van der Waals surface area (Å²) in [6.45, 7) is 0. The molecule has 0 unspecified atom stereocenters. The van der Waals surface area contributed by atoms with Crippen molar-refractivity contribution >= 4 is 65.2 Å². The first-order valence-electron chi connectivity index (χ1n) is 19.6. The van der Waals surface area contributed by atoms with Crippen LogP contribution >= 0.6 is 0 Å². The van der Waals surface area contributed by atoms with Crippen LogP contribution in [0.5, 0.6) is 0 Å². The van der Waals surface area contributed by atoms with E-state index < -0.39 is 0 Å². The Kier molecular flexibility index (Phi) is 7.16. The van der Waals surface area contributed by atoms with Crippen LogP contribution in [0, 0.1) is 0 Å². The number of benzene rings is 9. The van der Waals surface area contributed by atoms with E-state index in [0.717, 1.165) is 44.5 Å². The van der Waals surface area contributed by atoms with Gasteiger partial charge in [-0.1, -0.05) is 121 Å². The predicted octanol–water partition coefficient (Wildman–Crippen LogP) is 13.4. The van der Waals surface area contributed by atoms with Crippen LogP contribution in [-0.2, 0) is 0 Å². The molecule has 3 heterocycles. The zero-order valence-corrected chi connectivity index (χ0v) is 31.3. The lowest BCUT2D eigenvalue weighted by Crippen LogP contribution is -2.01. The molecule has 0 N–H and O–H groups in total. The second kappa shape index (κ2) is 12.8. The molecule has 0 aliphatic carbocycles. The Balaban J connectivity index is 1.02. The monoisotopic (exact) mass is 739 g/mol. The maximum atomic E-state index is 5.18. The molecule has 0 saturated carbocycles. The van der Waals surface area contributed by atoms with Crippen molar-refractivity contribution in [2.24, 2.45) is 0 Å². The molecule has 3 aromatic heterocycles. The van der Waals surface area contributed by atoms with E-state index >= 15 is 0 Å². The zero-order valence-electron chi connectivity index (χ0n) is 31.3. The summed E-state index contributed by atoms with van der Waals surface area (Å²) >= 11 is 0. The molecule has 0 fully saturated rings. The van der Waals surface area contributed by atoms with E-state index in [1.54, 1.807) is 0 Å². The lowest BCUT2D eigenvalue weighted by Gasteiger charge is -2.11. The molecule has 0 bridgehead atoms. The van der Waals surface area contributed by atoms with Gasteiger partial charge in [-0.25, -0.2) is 15.0 Å². The molecule has 0 aliphatic rings. The summed E-state index contributed by atoms with van der Waals surface area (Å²) in [7, 11) is 0. The Morgan fingerprint density at radius 3 is 1.55 bits per heavy atom. The van der Waals surface area contributed by atoms with Crippen LogP contribution in [0.2, 0.25) is 0 Å². The highest BCUT2D eigenvalue weighted by molar-refractivity contribution is 6.23. The molecule has 5 nitrogen and oxygen atoms in total. The summed E-state index contributed by atoms with van der Waals surface area (Å²) < 4.78 is 4.72. The Bertz CT molecular complexity index is 3550. The highest BCUT2D eigenvalue weighted by Gasteiger charge is 2.19. The van der Waals surface area contributed by atoms with Gasteiger partial charge in [0, 0.05) is 49.6 Å². The number of fused-ring (bicyclic) bond motifs is 9. The summed E-state index contributed by atoms with van der Waals surface area (Å²) in [5.74, 6) is 1.89. The predicted molar refractivity (Wildman–Crippen MR) is 240 cm³/mol. The minimum absolute atomic E-state index is 0.626. The van der Waals surface area contributed by atoms with Crippen LogP contribution in [0.15, 0.2) is 200 Å². The van der Waals surface area contributed by atoms with Crippen LogP contribution in [0.1, 0.15) is 0 Å². The van der Waals surface area contributed by atoms with Gasteiger partial charge < -0.3 is 9.13 Å². The first kappa shape index (κ1) is 32.4. The van der Waals surface area contributed by atoms with E-state index in [1.165, 1.54) is 48.7 Å². The third kappa shape index (κ3) is 5.07. The van der Waals surface area contributed by atoms with Gasteiger partial charge in [-0.15, -0.1) is 0 Å². The van der Waals surface area contributed by atoms with E-state index in [9.17, 15) is 0 Å². The van der Waals surface area contributed by atoms with Crippen molar-refractivity contribution in [3.05, 3.63) is 200 Å². The molecule has 0 atom stereocenters. The second-order valence-corrected chi connectivity index (χ2v) is 14.9. The molecule has 0 saturated heterocycles. The molecule has 9 aromatic carbocycles. The summed E-state index contributed by atoms with van der Waals surface area (Å²) in [5.41, 5.74) is 9.64. The Labute approximate surface area is 333 Å². The molecule has 58 heavy (non-hydrogen) atoms. The van der Waals surface area contributed by atoms with Crippen molar-refractivity contribution < 1.29 is 0 Å². The van der Waals surface area contributed by atoms with Gasteiger partial charge in [0.05, 0.1) is 22.1 Å². The van der Waals surface area contributed by atoms with Gasteiger partial charge in [-0.05, 0) is 100 Å². The minimum atomic E-state index is 0.626. The number of hydrogen-bond acceptors (Lipinski definition) is 3. The average Bonchev–Trinajstić information content (AvgIpc) is 3.81. The highest BCUT2D eigenvalue weighted by Crippen LogP contribution is 2.40. The lowest BCUT2D eigenvalue weighted by atomic mass is 10.0. The van der Waals surface area contributed by atoms with E-state index in [-0.39, 0.29) is 0 Å². The van der Waals surface area contributed by atoms with E-state index in [4.69, 9.17) is 15.0 Å². The fraction of sp³-hybridized carbons (Fsp3) is 0. The molecular weight excluding hydrogens is 707 g/mol. The largest absolute Gasteiger partial charge is 0.309 e. The van der Waals surface area contributed by atoms with Crippen LogP contribution in [0.3, 0.4) is 0 Å². The lowest BCUT2D eigenvalue weighted by molar-refractivity contribution is 1.07. The first-order valence-corrected chi connectivity index (χ1v) is 19.6. The molecular formula is C53H33N5. The number of aromatic nitrogens is 5. The Hall–Kier alpha value is -7.89. The van der Waals surface area contributed by atoms with Crippen molar-refractivity contribution in [3.8, 4) is 45.5 Å². The summed E-state index contributed by atoms with van der Waals surface area (Å²) in [6.07, 6.45) is 0. The van der Waals surface area contributed by atoms with E-state index in [0.29, 0.717) is 17.5 Å². The SMILES string of the molecule is c1ccc(-c2nc(-c3ccc(-n4c5cc6ccccc6cc5c5c6ccccc6ccc54)cc3)nc(-c3ccc4c(c3)c3ccccc3n4-c3ccccc3)n2)cc1. The Morgan fingerprint density at radius 1 is 0.276 bits per heavy atom. The van der Waals surface area contributed by atoms with Crippen LogP contribution in [0.4, 0.5) is 0 Å². The van der Waals surface area contributed by atoms with Gasteiger partial charge in [-0.3, -0.25) is 0 Å². The average molecular weight is 740 g/mol. The number of nitrogens with zero attached hydrogens (tertiary/aromatic N) is 5. The van der Waals surface area contributed by atoms with Crippen molar-refractivity contribution in [2.75, 3.05) is 0 Å². The molecule has 0 radical (unpaired) electrons. The van der Waals surface area contributed by atoms with Gasteiger partial charge in [0.1, 0.15) is 0 Å². The Morgan fingerprint density at radius 2 is 0.793 bits per heavy atom. The molecule has 5 heteroatoms. The highest BCUT2D eigenvalue weighted by atomic mass is 15.0. The maximum absolute atomic E-state index is 5.18. The van der Waals surface area contributed by atoms with Gasteiger partial charge in [0.2, 0.25) is 0 Å². The maximum Gasteiger partial charge on any atom is 0.164 e. The number of para-hydroxylation sites is 2. The molecule has 0 aliphatic heterocycles. The van der Waals surface area contributed by atoms with Crippen molar-refractivity contribution in [1.82, 2.24) is 24.1 Å². The van der Waals surface area contributed by atoms with E-state index in [2.05, 4.69) is 191 Å². The zero-order chi connectivity index (χ0) is 38.2. The fourth-order valence-electron chi connectivity index (χ4n) is 8.83. The van der Waals surface area contributed by atoms with Crippen LogP contribution < -0.4 is 0 Å². The summed E-state index contributed by atoms with van der Waals surface area (Å²) in [4.78, 5) is 15.4. The van der Waals surface area contributed by atoms with Crippen LogP contribution in [-0.4, -0.2) is 24.1 Å². The fourth-order valence-corrected chi connectivity index (χ4v) is 8.83. The van der Waals surface area contributed by atoms with Gasteiger partial charge >= 0.3 is 0 Å². The first-order chi connectivity index (χ1) is 28.7. The molecule has 0 amide bonds. The second-order valence-electron chi connectivity index (χ2n) is 14.9. The third-order valence-electron chi connectivity index (χ3n) is 11.5. The molecule has 0 spiro atoms. The van der Waals surface area contributed by atoms with Crippen LogP contribution in [0.25, 0.3) is 111 Å². The van der Waals surface area contributed by atoms with E-state index in [1.807, 2.05) is 18.2 Å². The number of hydrogen-bond donors (Lipinski definition) is 0. The van der Waals surface area contributed by atoms with Gasteiger partial charge in [-0.2, -0.15) is 0 Å². The third-order valence-corrected chi connectivity index (χ3v) is 11.5. The van der Waals surface area contributed by atoms with Crippen molar-refractivity contribution in [2.45, 2.75) is 0 Å². The molecule has 12 aromatic rings. The van der Waals surface area contributed by atoms with Crippen molar-refractivity contribution in [1.29, 1.82) is 0 Å². The molecule has 270 valence electrons. The molecule has 12 rings (SSSR count). The summed E-state index contributed by atoms with van der Waals surface area (Å²) in [6, 6.07) is 70.9. The smallest absolute Gasteiger partial charge is 0.164 e. The van der Waals surface area contributed by atoms with Gasteiger partial charge in [0.15, 0.2) is 17.5 Å². The topological polar surface area (TPSA) is 48.5 Å². The normalized spacial score (nSPS) is 11.8. The quantitative estimate of drug-likeness (QED) is 0.177. The van der Waals surface area contributed by atoms with Gasteiger partial charge in [0.25, 0.3) is 0 Å². The standard InChI is InChI=1S/C53H33N5/c1-3-14-35(15-4-1)51-54-52(56-53(55-51)39-26-29-47-44(32-39)43-21-11-12-22-46(43)57(47)40-18-5-2-6-19-40)36-23-27-41(28-24-36)58-48-30-25-34-13-9-10-20-42(34)50(48)45-31-37-16-7-8-17-38(37)33-49(45)58/h1-33H. The number of rotatable bonds is 5. The summed E-state index contributed by atoms with van der Waals surface area (Å²) in [5, 5.41) is 9.78. The minimum Gasteiger partial charge on any atom is -0.309 e.